The predicted octanol–water partition coefficient (Wildman–Crippen LogP) is 3.03. The van der Waals surface area contributed by atoms with Gasteiger partial charge in [0.2, 0.25) is 0 Å². The predicted molar refractivity (Wildman–Crippen MR) is 68.4 cm³/mol. The zero-order valence-corrected chi connectivity index (χ0v) is 10.5. The average molecular weight is 271 g/mol. The summed E-state index contributed by atoms with van der Waals surface area (Å²) in [7, 11) is 0. The van der Waals surface area contributed by atoms with Crippen molar-refractivity contribution in [2.24, 2.45) is 0 Å². The molecule has 0 atom stereocenters. The summed E-state index contributed by atoms with van der Waals surface area (Å²) in [6.07, 6.45) is 3.38. The van der Waals surface area contributed by atoms with Crippen LogP contribution in [0.2, 0.25) is 0 Å². The Balaban J connectivity index is 0.00000162. The number of nitriles is 1. The van der Waals surface area contributed by atoms with Gasteiger partial charge in [-0.3, -0.25) is 0 Å². The van der Waals surface area contributed by atoms with Crippen LogP contribution in [0.4, 0.5) is 8.78 Å². The second kappa shape index (κ2) is 6.48. The van der Waals surface area contributed by atoms with Gasteiger partial charge in [-0.2, -0.15) is 5.26 Å². The lowest BCUT2D eigenvalue weighted by Crippen LogP contribution is -2.23. The molecule has 1 fully saturated rings. The van der Waals surface area contributed by atoms with Gasteiger partial charge in [0.25, 0.3) is 0 Å². The third-order valence-corrected chi connectivity index (χ3v) is 2.84. The largest absolute Gasteiger partial charge is 0.316 e. The molecule has 0 amide bonds. The second-order valence-corrected chi connectivity index (χ2v) is 3.99. The van der Waals surface area contributed by atoms with Crippen LogP contribution in [-0.4, -0.2) is 13.1 Å². The number of nitrogens with one attached hydrogen (secondary N) is 1. The van der Waals surface area contributed by atoms with Gasteiger partial charge in [-0.1, -0.05) is 17.7 Å². The van der Waals surface area contributed by atoms with Crippen LogP contribution in [0.3, 0.4) is 0 Å². The Hall–Kier alpha value is -1.44. The standard InChI is InChI=1S/C13H12F2N2.ClH/c14-12-10(1-2-11(8-16)13(12)15)7-9-3-5-17-6-4-9;/h1-2,7,17H,3-6H2;1H. The van der Waals surface area contributed by atoms with Gasteiger partial charge < -0.3 is 5.32 Å². The van der Waals surface area contributed by atoms with E-state index in [0.29, 0.717) is 0 Å². The topological polar surface area (TPSA) is 35.8 Å². The molecule has 1 N–H and O–H groups in total. The molecule has 1 saturated heterocycles. The van der Waals surface area contributed by atoms with Crippen molar-refractivity contribution in [2.75, 3.05) is 13.1 Å². The average Bonchev–Trinajstić information content (AvgIpc) is 2.37. The Kier molecular flexibility index (Phi) is 5.26. The van der Waals surface area contributed by atoms with Crippen molar-refractivity contribution in [3.63, 3.8) is 0 Å². The van der Waals surface area contributed by atoms with E-state index in [0.717, 1.165) is 31.5 Å². The highest BCUT2D eigenvalue weighted by atomic mass is 35.5. The van der Waals surface area contributed by atoms with Crippen LogP contribution in [0.5, 0.6) is 0 Å². The van der Waals surface area contributed by atoms with Crippen LogP contribution in [-0.2, 0) is 0 Å². The lowest BCUT2D eigenvalue weighted by molar-refractivity contribution is 0.504. The molecule has 96 valence electrons. The van der Waals surface area contributed by atoms with Gasteiger partial charge in [0.15, 0.2) is 11.6 Å². The minimum Gasteiger partial charge on any atom is -0.316 e. The molecule has 0 bridgehead atoms. The molecule has 0 spiro atoms. The molecule has 18 heavy (non-hydrogen) atoms. The first kappa shape index (κ1) is 14.6. The van der Waals surface area contributed by atoms with Gasteiger partial charge in [0.1, 0.15) is 6.07 Å². The maximum absolute atomic E-state index is 13.6. The molecular formula is C13H13ClF2N2. The molecule has 0 aromatic heterocycles. The first-order valence-corrected chi connectivity index (χ1v) is 5.50. The van der Waals surface area contributed by atoms with Crippen molar-refractivity contribution >= 4 is 18.5 Å². The molecule has 1 aromatic carbocycles. The van der Waals surface area contributed by atoms with E-state index in [4.69, 9.17) is 5.26 Å². The molecule has 0 aliphatic carbocycles. The summed E-state index contributed by atoms with van der Waals surface area (Å²) < 4.78 is 27.0. The zero-order valence-electron chi connectivity index (χ0n) is 9.67. The summed E-state index contributed by atoms with van der Waals surface area (Å²) in [5.41, 5.74) is 1.07. The van der Waals surface area contributed by atoms with E-state index in [9.17, 15) is 8.78 Å². The van der Waals surface area contributed by atoms with E-state index >= 15 is 0 Å². The van der Waals surface area contributed by atoms with Gasteiger partial charge in [0, 0.05) is 5.56 Å². The van der Waals surface area contributed by atoms with Gasteiger partial charge in [0.05, 0.1) is 5.56 Å². The Labute approximate surface area is 111 Å². The summed E-state index contributed by atoms with van der Waals surface area (Å²) in [5.74, 6) is -1.99. The number of hydrogen-bond donors (Lipinski definition) is 1. The molecule has 0 unspecified atom stereocenters. The first-order valence-electron chi connectivity index (χ1n) is 5.50. The van der Waals surface area contributed by atoms with Crippen LogP contribution in [0, 0.1) is 23.0 Å². The molecule has 2 nitrogen and oxygen atoms in total. The monoisotopic (exact) mass is 270 g/mol. The highest BCUT2D eigenvalue weighted by Gasteiger charge is 2.13. The molecule has 0 radical (unpaired) electrons. The quantitative estimate of drug-likeness (QED) is 0.851. The van der Waals surface area contributed by atoms with Crippen molar-refractivity contribution in [3.8, 4) is 6.07 Å². The summed E-state index contributed by atoms with van der Waals surface area (Å²) in [4.78, 5) is 0. The SMILES string of the molecule is Cl.N#Cc1ccc(C=C2CCNCC2)c(F)c1F. The van der Waals surface area contributed by atoms with Crippen molar-refractivity contribution in [2.45, 2.75) is 12.8 Å². The highest BCUT2D eigenvalue weighted by molar-refractivity contribution is 5.85. The Bertz CT molecular complexity index is 498. The van der Waals surface area contributed by atoms with Crippen molar-refractivity contribution in [3.05, 3.63) is 40.5 Å². The fourth-order valence-electron chi connectivity index (χ4n) is 1.87. The number of halogens is 3. The molecule has 1 aliphatic rings. The van der Waals surface area contributed by atoms with E-state index in [-0.39, 0.29) is 23.5 Å². The molecule has 1 aliphatic heterocycles. The maximum Gasteiger partial charge on any atom is 0.177 e. The Morgan fingerprint density at radius 2 is 1.83 bits per heavy atom. The third kappa shape index (κ3) is 3.06. The number of hydrogen-bond acceptors (Lipinski definition) is 2. The maximum atomic E-state index is 13.6. The van der Waals surface area contributed by atoms with Crippen molar-refractivity contribution in [1.29, 1.82) is 5.26 Å². The van der Waals surface area contributed by atoms with Crippen LogP contribution in [0.15, 0.2) is 17.7 Å². The van der Waals surface area contributed by atoms with Gasteiger partial charge >= 0.3 is 0 Å². The minimum atomic E-state index is -1.06. The van der Waals surface area contributed by atoms with Gasteiger partial charge in [-0.15, -0.1) is 12.4 Å². The van der Waals surface area contributed by atoms with E-state index in [1.165, 1.54) is 12.1 Å². The normalized spacial score (nSPS) is 14.6. The molecule has 5 heteroatoms. The molecule has 0 saturated carbocycles. The first-order chi connectivity index (χ1) is 8.22. The summed E-state index contributed by atoms with van der Waals surface area (Å²) in [6.45, 7) is 1.73. The lowest BCUT2D eigenvalue weighted by atomic mass is 10.0. The van der Waals surface area contributed by atoms with E-state index in [1.54, 1.807) is 12.1 Å². The van der Waals surface area contributed by atoms with Crippen LogP contribution in [0.25, 0.3) is 6.08 Å². The van der Waals surface area contributed by atoms with Crippen LogP contribution in [0.1, 0.15) is 24.0 Å². The molecular weight excluding hydrogens is 258 g/mol. The third-order valence-electron chi connectivity index (χ3n) is 2.84. The Morgan fingerprint density at radius 3 is 2.44 bits per heavy atom. The van der Waals surface area contributed by atoms with Gasteiger partial charge in [-0.25, -0.2) is 8.78 Å². The van der Waals surface area contributed by atoms with Gasteiger partial charge in [-0.05, 0) is 32.0 Å². The number of rotatable bonds is 1. The van der Waals surface area contributed by atoms with E-state index < -0.39 is 11.6 Å². The minimum absolute atomic E-state index is 0. The number of nitrogens with zero attached hydrogens (tertiary/aromatic N) is 1. The molecule has 1 heterocycles. The van der Waals surface area contributed by atoms with Crippen LogP contribution < -0.4 is 5.32 Å². The fraction of sp³-hybridized carbons (Fsp3) is 0.308. The number of piperidine rings is 1. The lowest BCUT2D eigenvalue weighted by Gasteiger charge is -2.15. The smallest absolute Gasteiger partial charge is 0.177 e. The summed E-state index contributed by atoms with van der Waals surface area (Å²) in [5, 5.41) is 11.8. The summed E-state index contributed by atoms with van der Waals surface area (Å²) in [6, 6.07) is 4.38. The van der Waals surface area contributed by atoms with Crippen LogP contribution >= 0.6 is 12.4 Å². The van der Waals surface area contributed by atoms with Crippen molar-refractivity contribution < 1.29 is 8.78 Å². The van der Waals surface area contributed by atoms with E-state index in [2.05, 4.69) is 5.32 Å². The second-order valence-electron chi connectivity index (χ2n) is 3.99. The number of benzene rings is 1. The highest BCUT2D eigenvalue weighted by Crippen LogP contribution is 2.21. The summed E-state index contributed by atoms with van der Waals surface area (Å²) >= 11 is 0. The molecule has 1 aromatic rings. The zero-order chi connectivity index (χ0) is 12.3. The Morgan fingerprint density at radius 1 is 1.17 bits per heavy atom. The van der Waals surface area contributed by atoms with E-state index in [1.807, 2.05) is 0 Å². The fourth-order valence-corrected chi connectivity index (χ4v) is 1.87. The van der Waals surface area contributed by atoms with Crippen molar-refractivity contribution in [1.82, 2.24) is 5.32 Å². The molecule has 2 rings (SSSR count).